The van der Waals surface area contributed by atoms with Crippen molar-refractivity contribution in [3.8, 4) is 33.9 Å². The number of para-hydroxylation sites is 2. The molecule has 3 aromatic heterocycles. The topological polar surface area (TPSA) is 46.9 Å². The van der Waals surface area contributed by atoms with Gasteiger partial charge in [-0.1, -0.05) is 88.7 Å². The molecule has 3 heterocycles. The summed E-state index contributed by atoms with van der Waals surface area (Å²) >= 11 is 0. The summed E-state index contributed by atoms with van der Waals surface area (Å²) in [6.07, 6.45) is 9.25. The first-order chi connectivity index (χ1) is 21.2. The molecule has 0 unspecified atom stereocenters. The maximum Gasteiger partial charge on any atom is 2.00 e. The molecular weight excluding hydrogens is 736 g/mol. The Labute approximate surface area is 278 Å². The van der Waals surface area contributed by atoms with E-state index in [1.54, 1.807) is 0 Å². The zero-order valence-corrected chi connectivity index (χ0v) is 28.3. The number of benzene rings is 4. The van der Waals surface area contributed by atoms with Gasteiger partial charge in [-0.3, -0.25) is 4.57 Å². The zero-order chi connectivity index (χ0) is 30.6. The minimum absolute atomic E-state index is 0. The van der Waals surface area contributed by atoms with Crippen LogP contribution in [-0.4, -0.2) is 19.2 Å². The van der Waals surface area contributed by atoms with Crippen molar-refractivity contribution in [3.05, 3.63) is 133 Å². The second-order valence-electron chi connectivity index (χ2n) is 12.7. The van der Waals surface area contributed by atoms with Crippen molar-refractivity contribution in [1.82, 2.24) is 14.1 Å². The molecule has 0 atom stereocenters. The van der Waals surface area contributed by atoms with Crippen LogP contribution in [0.25, 0.3) is 50.1 Å². The molecule has 45 heavy (non-hydrogen) atoms. The fourth-order valence-electron chi connectivity index (χ4n) is 5.98. The van der Waals surface area contributed by atoms with Crippen molar-refractivity contribution >= 4 is 21.9 Å². The third-order valence-corrected chi connectivity index (χ3v) is 8.36. The van der Waals surface area contributed by atoms with Gasteiger partial charge in [0, 0.05) is 35.1 Å². The van der Waals surface area contributed by atoms with Crippen LogP contribution in [0, 0.1) is 12.4 Å². The molecule has 7 rings (SSSR count). The Morgan fingerprint density at radius 3 is 2.42 bits per heavy atom. The molecule has 1 N–H and O–H groups in total. The molecule has 0 aliphatic carbocycles. The van der Waals surface area contributed by atoms with Crippen molar-refractivity contribution in [2.75, 3.05) is 0 Å². The molecule has 0 saturated carbocycles. The molecule has 0 fully saturated rings. The number of fused-ring (bicyclic) bond motifs is 3. The number of nitrogens with zero attached hydrogens (tertiary/aromatic N) is 4. The average molecular weight is 771 g/mol. The molecule has 0 bridgehead atoms. The van der Waals surface area contributed by atoms with E-state index < -0.39 is 0 Å². The van der Waals surface area contributed by atoms with Crippen LogP contribution in [0.1, 0.15) is 51.7 Å². The Hall–Kier alpha value is -4.47. The molecule has 7 aromatic rings. The van der Waals surface area contributed by atoms with Crippen molar-refractivity contribution in [2.24, 2.45) is 0 Å². The van der Waals surface area contributed by atoms with Gasteiger partial charge in [0.15, 0.2) is 0 Å². The first-order valence-corrected chi connectivity index (χ1v) is 15.1. The smallest absolute Gasteiger partial charge is 0.511 e. The number of phenolic OH excluding ortho intramolecular Hbond substituents is 1. The van der Waals surface area contributed by atoms with E-state index in [0.29, 0.717) is 5.75 Å². The van der Waals surface area contributed by atoms with Crippen LogP contribution in [0.2, 0.25) is 0 Å². The van der Waals surface area contributed by atoms with Crippen LogP contribution in [0.15, 0.2) is 110 Å². The van der Waals surface area contributed by atoms with Crippen LogP contribution >= 0.6 is 0 Å². The quantitative estimate of drug-likeness (QED) is 0.141. The molecule has 0 spiro atoms. The third kappa shape index (κ3) is 5.40. The minimum atomic E-state index is -0.0610. The van der Waals surface area contributed by atoms with Gasteiger partial charge in [-0.05, 0) is 52.4 Å². The van der Waals surface area contributed by atoms with Gasteiger partial charge in [-0.15, -0.1) is 29.8 Å². The van der Waals surface area contributed by atoms with E-state index in [0.717, 1.165) is 50.3 Å². The minimum Gasteiger partial charge on any atom is -0.511 e. The summed E-state index contributed by atoms with van der Waals surface area (Å²) in [6.45, 7) is 10.8. The standard InChI is InChI=1S/C39H35N4O.Pt/c1-26(2)33-23-28(39(3,4)5)24-36(37(33)44)42-21-20-41(25-42)34-17-8-6-14-30(34)27-12-10-13-29(22-27)43-35-18-9-7-15-31(35)32-16-11-19-40-38(32)43;/h6-21,23-24,26,44H,1-5H3;/q-1;+2. The number of phenols is 1. The molecule has 4 aromatic carbocycles. The molecule has 6 heteroatoms. The van der Waals surface area contributed by atoms with Gasteiger partial charge >= 0.3 is 21.1 Å². The van der Waals surface area contributed by atoms with Crippen LogP contribution in [-0.2, 0) is 26.5 Å². The van der Waals surface area contributed by atoms with Gasteiger partial charge in [0.2, 0.25) is 0 Å². The number of rotatable bonds is 5. The van der Waals surface area contributed by atoms with E-state index in [4.69, 9.17) is 4.98 Å². The third-order valence-electron chi connectivity index (χ3n) is 8.36. The first kappa shape index (κ1) is 30.6. The number of hydrogen-bond acceptors (Lipinski definition) is 2. The van der Waals surface area contributed by atoms with Gasteiger partial charge in [0.1, 0.15) is 17.1 Å². The normalized spacial score (nSPS) is 11.8. The van der Waals surface area contributed by atoms with Gasteiger partial charge in [0.05, 0.1) is 5.52 Å². The number of imidazole rings is 1. The molecule has 0 aliphatic heterocycles. The number of aromatic nitrogens is 4. The fourth-order valence-corrected chi connectivity index (χ4v) is 5.98. The van der Waals surface area contributed by atoms with E-state index >= 15 is 0 Å². The fraction of sp³-hybridized carbons (Fsp3) is 0.179. The number of hydrogen-bond donors (Lipinski definition) is 1. The van der Waals surface area contributed by atoms with Gasteiger partial charge in [-0.2, -0.15) is 0 Å². The van der Waals surface area contributed by atoms with E-state index in [-0.39, 0.29) is 32.4 Å². The second-order valence-corrected chi connectivity index (χ2v) is 12.7. The largest absolute Gasteiger partial charge is 2.00 e. The summed E-state index contributed by atoms with van der Waals surface area (Å²) < 4.78 is 6.05. The van der Waals surface area contributed by atoms with E-state index in [9.17, 15) is 5.11 Å². The summed E-state index contributed by atoms with van der Waals surface area (Å²) in [5, 5.41) is 13.6. The monoisotopic (exact) mass is 770 g/mol. The second kappa shape index (κ2) is 11.8. The molecular formula is C39H35N4OPt+. The SMILES string of the molecule is CC(C)c1cc(C(C)(C)C)cc(-n2[c-][n+](-c3ccccc3-c3[c-]c(-n4c5ccccc5c5cccnc54)ccc3)cc2)c1O.[Pt+2]. The summed E-state index contributed by atoms with van der Waals surface area (Å²) in [5.41, 5.74) is 8.68. The van der Waals surface area contributed by atoms with E-state index in [1.165, 1.54) is 10.9 Å². The Bertz CT molecular complexity index is 2110. The van der Waals surface area contributed by atoms with E-state index in [1.807, 2.05) is 45.9 Å². The summed E-state index contributed by atoms with van der Waals surface area (Å²) in [5.74, 6) is 0.480. The Kier molecular flexibility index (Phi) is 8.01. The van der Waals surface area contributed by atoms with Crippen LogP contribution in [0.3, 0.4) is 0 Å². The van der Waals surface area contributed by atoms with Crippen molar-refractivity contribution < 1.29 is 30.7 Å². The van der Waals surface area contributed by atoms with E-state index in [2.05, 4.69) is 124 Å². The van der Waals surface area contributed by atoms with Crippen molar-refractivity contribution in [2.45, 2.75) is 46.0 Å². The Morgan fingerprint density at radius 1 is 0.867 bits per heavy atom. The van der Waals surface area contributed by atoms with Gasteiger partial charge in [-0.25, -0.2) is 4.98 Å². The van der Waals surface area contributed by atoms with Crippen LogP contribution < -0.4 is 4.57 Å². The maximum atomic E-state index is 11.3. The summed E-state index contributed by atoms with van der Waals surface area (Å²) in [4.78, 5) is 4.75. The van der Waals surface area contributed by atoms with Crippen molar-refractivity contribution in [3.63, 3.8) is 0 Å². The maximum absolute atomic E-state index is 11.3. The number of pyridine rings is 1. The van der Waals surface area contributed by atoms with Crippen molar-refractivity contribution in [1.29, 1.82) is 0 Å². The Balaban J connectivity index is 0.00000357. The molecule has 0 aliphatic rings. The van der Waals surface area contributed by atoms with Crippen LogP contribution in [0.5, 0.6) is 5.75 Å². The molecule has 5 nitrogen and oxygen atoms in total. The molecule has 226 valence electrons. The first-order valence-electron chi connectivity index (χ1n) is 15.1. The molecule has 0 amide bonds. The van der Waals surface area contributed by atoms with Crippen LogP contribution in [0.4, 0.5) is 0 Å². The van der Waals surface area contributed by atoms with Gasteiger partial charge in [0.25, 0.3) is 6.33 Å². The number of aromatic hydroxyl groups is 1. The average Bonchev–Trinajstić information content (AvgIpc) is 3.64. The predicted molar refractivity (Wildman–Crippen MR) is 177 cm³/mol. The summed E-state index contributed by atoms with van der Waals surface area (Å²) in [6, 6.07) is 34.9. The zero-order valence-electron chi connectivity index (χ0n) is 26.0. The Morgan fingerprint density at radius 2 is 1.62 bits per heavy atom. The summed E-state index contributed by atoms with van der Waals surface area (Å²) in [7, 11) is 0. The molecule has 0 saturated heterocycles. The predicted octanol–water partition coefficient (Wildman–Crippen LogP) is 8.64. The van der Waals surface area contributed by atoms with Gasteiger partial charge < -0.3 is 14.2 Å². The molecule has 0 radical (unpaired) electrons.